The summed E-state index contributed by atoms with van der Waals surface area (Å²) in [5.74, 6) is 0.596. The minimum absolute atomic E-state index is 0.144. The Labute approximate surface area is 163 Å². The van der Waals surface area contributed by atoms with Crippen LogP contribution >= 0.6 is 0 Å². The van der Waals surface area contributed by atoms with E-state index >= 15 is 0 Å². The van der Waals surface area contributed by atoms with E-state index in [1.54, 1.807) is 41.3 Å². The average molecular weight is 386 g/mol. The number of hydrogen-bond acceptors (Lipinski definition) is 4. The van der Waals surface area contributed by atoms with Crippen molar-refractivity contribution in [3.63, 3.8) is 0 Å². The molecule has 3 rings (SSSR count). The molecule has 2 aromatic rings. The summed E-state index contributed by atoms with van der Waals surface area (Å²) >= 11 is 0. The smallest absolute Gasteiger partial charge is 0.226 e. The number of halogens is 1. The number of carbonyl (C=O) groups is 2. The Balaban J connectivity index is 1.51. The molecule has 0 radical (unpaired) electrons. The summed E-state index contributed by atoms with van der Waals surface area (Å²) in [5.41, 5.74) is 1.16. The summed E-state index contributed by atoms with van der Waals surface area (Å²) < 4.78 is 24.7. The first-order valence-corrected chi connectivity index (χ1v) is 9.21. The highest BCUT2D eigenvalue weighted by Crippen LogP contribution is 2.32. The van der Waals surface area contributed by atoms with Gasteiger partial charge in [-0.25, -0.2) is 4.39 Å². The fourth-order valence-corrected chi connectivity index (χ4v) is 2.96. The lowest BCUT2D eigenvalue weighted by atomic mass is 10.1. The topological polar surface area (TPSA) is 67.9 Å². The first-order chi connectivity index (χ1) is 13.5. The van der Waals surface area contributed by atoms with Crippen molar-refractivity contribution in [1.29, 1.82) is 0 Å². The molecular weight excluding hydrogens is 363 g/mol. The van der Waals surface area contributed by atoms with Gasteiger partial charge < -0.3 is 19.7 Å². The lowest BCUT2D eigenvalue weighted by Gasteiger charge is -2.21. The molecule has 2 amide bonds. The second-order valence-corrected chi connectivity index (χ2v) is 6.50. The van der Waals surface area contributed by atoms with Crippen LogP contribution < -0.4 is 14.8 Å². The second-order valence-electron chi connectivity index (χ2n) is 6.50. The molecule has 1 aliphatic rings. The Bertz CT molecular complexity index is 856. The van der Waals surface area contributed by atoms with Crippen molar-refractivity contribution in [3.05, 3.63) is 53.8 Å². The molecule has 0 atom stereocenters. The lowest BCUT2D eigenvalue weighted by molar-refractivity contribution is -0.129. The number of rotatable bonds is 7. The van der Waals surface area contributed by atoms with Gasteiger partial charge in [-0.15, -0.1) is 0 Å². The number of hydrogen-bond donors (Lipinski definition) is 1. The van der Waals surface area contributed by atoms with Crippen LogP contribution in [0.25, 0.3) is 0 Å². The fraction of sp³-hybridized carbons (Fsp3) is 0.333. The van der Waals surface area contributed by atoms with E-state index < -0.39 is 0 Å². The molecule has 2 aromatic carbocycles. The van der Waals surface area contributed by atoms with Gasteiger partial charge in [0.25, 0.3) is 0 Å². The Morgan fingerprint density at radius 2 is 1.82 bits per heavy atom. The number of fused-ring (bicyclic) bond motifs is 1. The number of nitrogens with one attached hydrogen (secondary N) is 1. The van der Waals surface area contributed by atoms with Crippen LogP contribution in [-0.2, 0) is 16.0 Å². The summed E-state index contributed by atoms with van der Waals surface area (Å²) in [7, 11) is 0. The molecule has 0 saturated heterocycles. The quantitative estimate of drug-likeness (QED) is 0.794. The molecular formula is C21H23FN2O4. The van der Waals surface area contributed by atoms with E-state index in [9.17, 15) is 14.0 Å². The molecule has 0 spiro atoms. The Morgan fingerprint density at radius 3 is 2.57 bits per heavy atom. The highest BCUT2D eigenvalue weighted by atomic mass is 19.1. The minimum Gasteiger partial charge on any atom is -0.486 e. The van der Waals surface area contributed by atoms with Crippen LogP contribution in [0.15, 0.2) is 42.5 Å². The van der Waals surface area contributed by atoms with E-state index in [1.165, 1.54) is 13.0 Å². The van der Waals surface area contributed by atoms with Gasteiger partial charge in [0, 0.05) is 38.2 Å². The van der Waals surface area contributed by atoms with E-state index in [-0.39, 0.29) is 30.6 Å². The maximum atomic E-state index is 13.7. The van der Waals surface area contributed by atoms with Gasteiger partial charge in [-0.05, 0) is 30.2 Å². The number of amides is 2. The van der Waals surface area contributed by atoms with E-state index in [4.69, 9.17) is 9.47 Å². The summed E-state index contributed by atoms with van der Waals surface area (Å²) in [5, 5.41) is 2.80. The van der Waals surface area contributed by atoms with E-state index in [2.05, 4.69) is 5.32 Å². The minimum atomic E-state index is -0.289. The standard InChI is InChI=1S/C21H23FN2O4/c1-15(25)24(10-8-16-4-2-3-5-18(16)22)11-9-21(26)23-17-6-7-19-20(14-17)28-13-12-27-19/h2-7,14H,8-13H2,1H3,(H,23,26). The molecule has 0 aliphatic carbocycles. The van der Waals surface area contributed by atoms with Crippen LogP contribution in [0.4, 0.5) is 10.1 Å². The molecule has 0 unspecified atom stereocenters. The number of benzene rings is 2. The molecule has 6 nitrogen and oxygen atoms in total. The molecule has 148 valence electrons. The predicted molar refractivity (Wildman–Crippen MR) is 103 cm³/mol. The Kier molecular flexibility index (Phi) is 6.47. The second kappa shape index (κ2) is 9.21. The van der Waals surface area contributed by atoms with Crippen molar-refractivity contribution in [2.45, 2.75) is 19.8 Å². The van der Waals surface area contributed by atoms with Crippen molar-refractivity contribution in [2.24, 2.45) is 0 Å². The molecule has 1 N–H and O–H groups in total. The van der Waals surface area contributed by atoms with Gasteiger partial charge in [0.2, 0.25) is 11.8 Å². The Morgan fingerprint density at radius 1 is 1.07 bits per heavy atom. The zero-order chi connectivity index (χ0) is 19.9. The van der Waals surface area contributed by atoms with E-state index in [0.29, 0.717) is 48.9 Å². The summed E-state index contributed by atoms with van der Waals surface area (Å²) in [4.78, 5) is 25.7. The molecule has 0 aromatic heterocycles. The van der Waals surface area contributed by atoms with E-state index in [1.807, 2.05) is 0 Å². The number of nitrogens with zero attached hydrogens (tertiary/aromatic N) is 1. The van der Waals surface area contributed by atoms with Gasteiger partial charge in [-0.2, -0.15) is 0 Å². The van der Waals surface area contributed by atoms with Crippen molar-refractivity contribution in [2.75, 3.05) is 31.6 Å². The van der Waals surface area contributed by atoms with Gasteiger partial charge in [0.05, 0.1) is 0 Å². The predicted octanol–water partition coefficient (Wildman–Crippen LogP) is 3.02. The highest BCUT2D eigenvalue weighted by molar-refractivity contribution is 5.91. The molecule has 28 heavy (non-hydrogen) atoms. The third kappa shape index (κ3) is 5.22. The van der Waals surface area contributed by atoms with Crippen LogP contribution in [0.5, 0.6) is 11.5 Å². The first-order valence-electron chi connectivity index (χ1n) is 9.21. The average Bonchev–Trinajstić information content (AvgIpc) is 2.69. The van der Waals surface area contributed by atoms with Gasteiger partial charge in [0.1, 0.15) is 19.0 Å². The van der Waals surface area contributed by atoms with Crippen molar-refractivity contribution in [1.82, 2.24) is 4.90 Å². The zero-order valence-corrected chi connectivity index (χ0v) is 15.7. The van der Waals surface area contributed by atoms with Gasteiger partial charge in [-0.3, -0.25) is 9.59 Å². The first kappa shape index (κ1) is 19.7. The van der Waals surface area contributed by atoms with Crippen LogP contribution in [-0.4, -0.2) is 43.0 Å². The number of ether oxygens (including phenoxy) is 2. The lowest BCUT2D eigenvalue weighted by Crippen LogP contribution is -2.33. The SMILES string of the molecule is CC(=O)N(CCC(=O)Nc1ccc2c(c1)OCCO2)CCc1ccccc1F. The third-order valence-electron chi connectivity index (χ3n) is 4.49. The molecule has 1 aliphatic heterocycles. The molecule has 0 bridgehead atoms. The van der Waals surface area contributed by atoms with Crippen molar-refractivity contribution < 1.29 is 23.5 Å². The number of anilines is 1. The van der Waals surface area contributed by atoms with Crippen molar-refractivity contribution in [3.8, 4) is 11.5 Å². The van der Waals surface area contributed by atoms with Crippen LogP contribution in [0.3, 0.4) is 0 Å². The maximum Gasteiger partial charge on any atom is 0.226 e. The summed E-state index contributed by atoms with van der Waals surface area (Å²) in [6.07, 6.45) is 0.543. The highest BCUT2D eigenvalue weighted by Gasteiger charge is 2.15. The monoisotopic (exact) mass is 386 g/mol. The zero-order valence-electron chi connectivity index (χ0n) is 15.7. The summed E-state index contributed by atoms with van der Waals surface area (Å²) in [6.45, 7) is 3.04. The van der Waals surface area contributed by atoms with Gasteiger partial charge >= 0.3 is 0 Å². The molecule has 0 fully saturated rings. The van der Waals surface area contributed by atoms with Crippen LogP contribution in [0.2, 0.25) is 0 Å². The normalized spacial score (nSPS) is 12.4. The third-order valence-corrected chi connectivity index (χ3v) is 4.49. The van der Waals surface area contributed by atoms with Gasteiger partial charge in [0.15, 0.2) is 11.5 Å². The maximum absolute atomic E-state index is 13.7. The summed E-state index contributed by atoms with van der Waals surface area (Å²) in [6, 6.07) is 11.7. The molecule has 1 heterocycles. The fourth-order valence-electron chi connectivity index (χ4n) is 2.96. The van der Waals surface area contributed by atoms with Crippen molar-refractivity contribution >= 4 is 17.5 Å². The Hall–Kier alpha value is -3.09. The number of carbonyl (C=O) groups excluding carboxylic acids is 2. The molecule has 7 heteroatoms. The largest absolute Gasteiger partial charge is 0.486 e. The van der Waals surface area contributed by atoms with Crippen LogP contribution in [0.1, 0.15) is 18.9 Å². The van der Waals surface area contributed by atoms with E-state index in [0.717, 1.165) is 0 Å². The molecule has 0 saturated carbocycles. The van der Waals surface area contributed by atoms with Crippen LogP contribution in [0, 0.1) is 5.82 Å². The van der Waals surface area contributed by atoms with Gasteiger partial charge in [-0.1, -0.05) is 18.2 Å².